The Morgan fingerprint density at radius 2 is 1.93 bits per heavy atom. The van der Waals surface area contributed by atoms with Crippen molar-refractivity contribution in [2.45, 2.75) is 49.7 Å². The quantitative estimate of drug-likeness (QED) is 0.611. The largest absolute Gasteiger partial charge is 0.485 e. The summed E-state index contributed by atoms with van der Waals surface area (Å²) in [7, 11) is 0. The summed E-state index contributed by atoms with van der Waals surface area (Å²) in [5.74, 6) is 2.94. The van der Waals surface area contributed by atoms with Gasteiger partial charge >= 0.3 is 0 Å². The summed E-state index contributed by atoms with van der Waals surface area (Å²) >= 11 is 1.36. The lowest BCUT2D eigenvalue weighted by Gasteiger charge is -2.23. The van der Waals surface area contributed by atoms with Crippen molar-refractivity contribution < 1.29 is 18.4 Å². The van der Waals surface area contributed by atoms with Gasteiger partial charge in [0, 0.05) is 5.41 Å². The Hall–Kier alpha value is -2.55. The van der Waals surface area contributed by atoms with Crippen LogP contribution in [0, 0.1) is 0 Å². The van der Waals surface area contributed by atoms with Crippen LogP contribution >= 0.6 is 11.8 Å². The van der Waals surface area contributed by atoms with Crippen molar-refractivity contribution >= 4 is 11.8 Å². The highest BCUT2D eigenvalue weighted by Gasteiger charge is 2.29. The lowest BCUT2D eigenvalue weighted by Crippen LogP contribution is -2.21. The first kappa shape index (κ1) is 17.8. The predicted molar refractivity (Wildman–Crippen MR) is 96.9 cm³/mol. The highest BCUT2D eigenvalue weighted by Crippen LogP contribution is 2.38. The molecule has 0 saturated heterocycles. The van der Waals surface area contributed by atoms with E-state index >= 15 is 0 Å². The van der Waals surface area contributed by atoms with Crippen LogP contribution in [0.5, 0.6) is 11.5 Å². The molecule has 0 fully saturated rings. The average molecular weight is 388 g/mol. The fourth-order valence-corrected chi connectivity index (χ4v) is 3.17. The molecule has 0 radical (unpaired) electrons. The fourth-order valence-electron chi connectivity index (χ4n) is 2.45. The molecule has 2 unspecified atom stereocenters. The molecule has 27 heavy (non-hydrogen) atoms. The van der Waals surface area contributed by atoms with E-state index < -0.39 is 6.10 Å². The lowest BCUT2D eigenvalue weighted by molar-refractivity contribution is 0.0686. The summed E-state index contributed by atoms with van der Waals surface area (Å²) in [5, 5.41) is 12.5. The fraction of sp³-hybridized carbons (Fsp3) is 0.444. The van der Waals surface area contributed by atoms with Crippen LogP contribution in [0.1, 0.15) is 56.7 Å². The molecule has 1 aliphatic rings. The molecule has 1 aliphatic heterocycles. The molecule has 142 valence electrons. The van der Waals surface area contributed by atoms with Gasteiger partial charge in [-0.3, -0.25) is 0 Å². The zero-order chi connectivity index (χ0) is 19.0. The van der Waals surface area contributed by atoms with Crippen molar-refractivity contribution in [2.75, 3.05) is 6.61 Å². The summed E-state index contributed by atoms with van der Waals surface area (Å²) in [6, 6.07) is 7.49. The number of thioether (sulfide) groups is 1. The van der Waals surface area contributed by atoms with Crippen LogP contribution in [-0.2, 0) is 5.41 Å². The van der Waals surface area contributed by atoms with Gasteiger partial charge in [0.1, 0.15) is 6.61 Å². The second kappa shape index (κ2) is 6.88. The van der Waals surface area contributed by atoms with Gasteiger partial charge in [-0.05, 0) is 19.1 Å². The third kappa shape index (κ3) is 3.78. The first-order chi connectivity index (χ1) is 12.9. The molecule has 0 saturated carbocycles. The summed E-state index contributed by atoms with van der Waals surface area (Å²) in [5.41, 5.74) is -0.168. The van der Waals surface area contributed by atoms with E-state index in [2.05, 4.69) is 20.3 Å². The maximum absolute atomic E-state index is 5.89. The van der Waals surface area contributed by atoms with Crippen LogP contribution in [0.2, 0.25) is 0 Å². The van der Waals surface area contributed by atoms with Crippen molar-refractivity contribution in [1.29, 1.82) is 0 Å². The molecule has 9 heteroatoms. The van der Waals surface area contributed by atoms with Crippen molar-refractivity contribution in [1.82, 2.24) is 20.3 Å². The zero-order valence-electron chi connectivity index (χ0n) is 15.5. The molecule has 0 amide bonds. The Morgan fingerprint density at radius 3 is 2.67 bits per heavy atom. The molecule has 4 rings (SSSR count). The van der Waals surface area contributed by atoms with Crippen molar-refractivity contribution in [3.63, 3.8) is 0 Å². The molecule has 3 aromatic rings. The second-order valence-electron chi connectivity index (χ2n) is 7.24. The van der Waals surface area contributed by atoms with Gasteiger partial charge in [0.2, 0.25) is 12.0 Å². The number of benzene rings is 1. The van der Waals surface area contributed by atoms with E-state index in [1.54, 1.807) is 0 Å². The Balaban J connectivity index is 1.43. The Bertz CT molecular complexity index is 933. The molecule has 8 nitrogen and oxygen atoms in total. The molecule has 0 aliphatic carbocycles. The molecule has 0 N–H and O–H groups in total. The van der Waals surface area contributed by atoms with Crippen LogP contribution in [0.3, 0.4) is 0 Å². The number of aromatic nitrogens is 4. The van der Waals surface area contributed by atoms with Gasteiger partial charge in [-0.25, -0.2) is 0 Å². The van der Waals surface area contributed by atoms with E-state index in [-0.39, 0.29) is 10.7 Å². The van der Waals surface area contributed by atoms with Gasteiger partial charge in [-0.1, -0.05) is 49.8 Å². The topological polar surface area (TPSA) is 96.3 Å². The van der Waals surface area contributed by atoms with Gasteiger partial charge in [0.25, 0.3) is 11.1 Å². The molecule has 0 spiro atoms. The summed E-state index contributed by atoms with van der Waals surface area (Å²) < 4.78 is 22.7. The van der Waals surface area contributed by atoms with Gasteiger partial charge in [0.15, 0.2) is 17.3 Å². The van der Waals surface area contributed by atoms with Gasteiger partial charge in [-0.2, -0.15) is 4.98 Å². The SMILES string of the molecule is CC(Sc1nnc(C2COc3ccccc3O2)o1)c1nc(C(C)(C)C)no1. The third-order valence-electron chi connectivity index (χ3n) is 3.94. The van der Waals surface area contributed by atoms with Crippen molar-refractivity contribution in [3.8, 4) is 11.5 Å². The van der Waals surface area contributed by atoms with Crippen LogP contribution in [-0.4, -0.2) is 26.9 Å². The first-order valence-electron chi connectivity index (χ1n) is 8.63. The molecular weight excluding hydrogens is 368 g/mol. The first-order valence-corrected chi connectivity index (χ1v) is 9.51. The van der Waals surface area contributed by atoms with Gasteiger partial charge in [-0.15, -0.1) is 10.2 Å². The molecule has 0 bridgehead atoms. The number of para-hydroxylation sites is 2. The standard InChI is InChI=1S/C18H20N4O4S/c1-10(14-19-16(22-26-14)18(2,3)4)27-17-21-20-15(25-17)13-9-23-11-7-5-6-8-12(11)24-13/h5-8,10,13H,9H2,1-4H3. The second-order valence-corrected chi connectivity index (χ2v) is 8.53. The monoisotopic (exact) mass is 388 g/mol. The van der Waals surface area contributed by atoms with Crippen molar-refractivity contribution in [2.24, 2.45) is 0 Å². The van der Waals surface area contributed by atoms with E-state index in [4.69, 9.17) is 18.4 Å². The molecule has 3 heterocycles. The summed E-state index contributed by atoms with van der Waals surface area (Å²) in [4.78, 5) is 4.47. The molecular formula is C18H20N4O4S. The van der Waals surface area contributed by atoms with E-state index in [0.717, 1.165) is 0 Å². The van der Waals surface area contributed by atoms with Crippen LogP contribution in [0.4, 0.5) is 0 Å². The molecule has 2 atom stereocenters. The third-order valence-corrected chi connectivity index (χ3v) is 4.87. The summed E-state index contributed by atoms with van der Waals surface area (Å²) in [6.07, 6.45) is -0.437. The summed E-state index contributed by atoms with van der Waals surface area (Å²) in [6.45, 7) is 8.37. The number of fused-ring (bicyclic) bond motifs is 1. The smallest absolute Gasteiger partial charge is 0.277 e. The Morgan fingerprint density at radius 1 is 1.15 bits per heavy atom. The normalized spacial score (nSPS) is 17.7. The van der Waals surface area contributed by atoms with Gasteiger partial charge < -0.3 is 18.4 Å². The van der Waals surface area contributed by atoms with E-state index in [0.29, 0.717) is 40.9 Å². The number of hydrogen-bond donors (Lipinski definition) is 0. The Kier molecular flexibility index (Phi) is 4.55. The van der Waals surface area contributed by atoms with E-state index in [9.17, 15) is 0 Å². The number of nitrogens with zero attached hydrogens (tertiary/aromatic N) is 4. The number of ether oxygens (including phenoxy) is 2. The maximum atomic E-state index is 5.89. The number of hydrogen-bond acceptors (Lipinski definition) is 9. The minimum Gasteiger partial charge on any atom is -0.485 e. The average Bonchev–Trinajstić information content (AvgIpc) is 3.30. The maximum Gasteiger partial charge on any atom is 0.277 e. The Labute approximate surface area is 160 Å². The van der Waals surface area contributed by atoms with Crippen LogP contribution < -0.4 is 9.47 Å². The van der Waals surface area contributed by atoms with Crippen LogP contribution in [0.15, 0.2) is 38.4 Å². The molecule has 2 aromatic heterocycles. The molecule has 1 aromatic carbocycles. The van der Waals surface area contributed by atoms with Gasteiger partial charge in [0.05, 0.1) is 5.25 Å². The highest BCUT2D eigenvalue weighted by atomic mass is 32.2. The van der Waals surface area contributed by atoms with Crippen LogP contribution in [0.25, 0.3) is 0 Å². The number of rotatable bonds is 4. The zero-order valence-corrected chi connectivity index (χ0v) is 16.3. The highest BCUT2D eigenvalue weighted by molar-refractivity contribution is 7.99. The minimum atomic E-state index is -0.437. The predicted octanol–water partition coefficient (Wildman–Crippen LogP) is 4.12. The minimum absolute atomic E-state index is 0.119. The van der Waals surface area contributed by atoms with E-state index in [1.807, 2.05) is 52.0 Å². The lowest BCUT2D eigenvalue weighted by atomic mass is 9.96. The van der Waals surface area contributed by atoms with E-state index in [1.165, 1.54) is 11.8 Å². The van der Waals surface area contributed by atoms with Crippen molar-refractivity contribution in [3.05, 3.63) is 41.9 Å².